The fourth-order valence-corrected chi connectivity index (χ4v) is 2.13. The Balaban J connectivity index is 2.52. The van der Waals surface area contributed by atoms with Crippen molar-refractivity contribution in [2.75, 3.05) is 25.2 Å². The number of aliphatic hydroxyl groups is 2. The lowest BCUT2D eigenvalue weighted by molar-refractivity contribution is 0.101. The molecule has 0 aliphatic carbocycles. The van der Waals surface area contributed by atoms with Crippen molar-refractivity contribution in [3.8, 4) is 5.75 Å². The van der Waals surface area contributed by atoms with Gasteiger partial charge in [-0.25, -0.2) is 0 Å². The van der Waals surface area contributed by atoms with Crippen molar-refractivity contribution in [1.29, 1.82) is 0 Å². The van der Waals surface area contributed by atoms with Crippen molar-refractivity contribution in [2.24, 2.45) is 0 Å². The van der Waals surface area contributed by atoms with Gasteiger partial charge >= 0.3 is 0 Å². The predicted molar refractivity (Wildman–Crippen MR) is 67.7 cm³/mol. The van der Waals surface area contributed by atoms with Crippen LogP contribution in [0.15, 0.2) is 24.3 Å². The molecule has 1 unspecified atom stereocenters. The first kappa shape index (κ1) is 14.0. The zero-order valence-corrected chi connectivity index (χ0v) is 10.4. The third-order valence-corrected chi connectivity index (χ3v) is 3.25. The van der Waals surface area contributed by atoms with Gasteiger partial charge in [-0.05, 0) is 12.1 Å². The molecule has 0 radical (unpaired) electrons. The minimum absolute atomic E-state index is 0.0439. The zero-order valence-electron chi connectivity index (χ0n) is 9.63. The van der Waals surface area contributed by atoms with Crippen LogP contribution in [-0.4, -0.2) is 47.3 Å². The SMILES string of the molecule is COc1ccccc1C(=O)CSCC(O)CO. The van der Waals surface area contributed by atoms with E-state index in [1.807, 2.05) is 0 Å². The number of Topliss-reactive ketones (excluding diaryl/α,β-unsaturated/α-hetero) is 1. The van der Waals surface area contributed by atoms with E-state index in [9.17, 15) is 4.79 Å². The molecule has 5 heteroatoms. The molecule has 0 aromatic heterocycles. The number of hydrogen-bond acceptors (Lipinski definition) is 5. The van der Waals surface area contributed by atoms with Crippen LogP contribution in [0.2, 0.25) is 0 Å². The van der Waals surface area contributed by atoms with Crippen LogP contribution in [0.1, 0.15) is 10.4 Å². The Morgan fingerprint density at radius 1 is 1.47 bits per heavy atom. The summed E-state index contributed by atoms with van der Waals surface area (Å²) in [6.45, 7) is -0.282. The number of carbonyl (C=O) groups is 1. The number of carbonyl (C=O) groups excluding carboxylic acids is 1. The van der Waals surface area contributed by atoms with Gasteiger partial charge in [0.2, 0.25) is 0 Å². The van der Waals surface area contributed by atoms with Gasteiger partial charge in [-0.15, -0.1) is 0 Å². The fraction of sp³-hybridized carbons (Fsp3) is 0.417. The topological polar surface area (TPSA) is 66.8 Å². The summed E-state index contributed by atoms with van der Waals surface area (Å²) in [7, 11) is 1.52. The van der Waals surface area contributed by atoms with Crippen LogP contribution in [0, 0.1) is 0 Å². The van der Waals surface area contributed by atoms with E-state index in [1.165, 1.54) is 18.9 Å². The molecule has 1 aromatic rings. The number of thioether (sulfide) groups is 1. The summed E-state index contributed by atoms with van der Waals surface area (Å²) in [6.07, 6.45) is -0.773. The Bertz CT molecular complexity index is 367. The molecule has 0 amide bonds. The summed E-state index contributed by atoms with van der Waals surface area (Å²) in [6, 6.07) is 7.03. The summed E-state index contributed by atoms with van der Waals surface area (Å²) in [4.78, 5) is 11.8. The monoisotopic (exact) mass is 256 g/mol. The summed E-state index contributed by atoms with van der Waals surface area (Å²) in [5, 5.41) is 17.8. The second kappa shape index (κ2) is 7.32. The second-order valence-electron chi connectivity index (χ2n) is 3.47. The first-order valence-electron chi connectivity index (χ1n) is 5.22. The molecular weight excluding hydrogens is 240 g/mol. The molecule has 17 heavy (non-hydrogen) atoms. The molecule has 0 fully saturated rings. The van der Waals surface area contributed by atoms with E-state index in [2.05, 4.69) is 0 Å². The van der Waals surface area contributed by atoms with E-state index in [0.717, 1.165) is 0 Å². The van der Waals surface area contributed by atoms with Crippen LogP contribution in [0.5, 0.6) is 5.75 Å². The maximum Gasteiger partial charge on any atom is 0.176 e. The number of ether oxygens (including phenoxy) is 1. The molecule has 4 nitrogen and oxygen atoms in total. The number of aliphatic hydroxyl groups excluding tert-OH is 2. The summed E-state index contributed by atoms with van der Waals surface area (Å²) >= 11 is 1.29. The number of ketones is 1. The van der Waals surface area contributed by atoms with Crippen molar-refractivity contribution in [3.05, 3.63) is 29.8 Å². The second-order valence-corrected chi connectivity index (χ2v) is 4.51. The standard InChI is InChI=1S/C12H16O4S/c1-16-12-5-3-2-4-10(12)11(15)8-17-7-9(14)6-13/h2-5,9,13-14H,6-8H2,1H3. The minimum atomic E-state index is -0.773. The molecular formula is C12H16O4S. The van der Waals surface area contributed by atoms with Gasteiger partial charge in [-0.2, -0.15) is 11.8 Å². The lowest BCUT2D eigenvalue weighted by Gasteiger charge is -2.08. The summed E-state index contributed by atoms with van der Waals surface area (Å²) in [5.74, 6) is 1.12. The Morgan fingerprint density at radius 3 is 2.82 bits per heavy atom. The number of para-hydroxylation sites is 1. The lowest BCUT2D eigenvalue weighted by Crippen LogP contribution is -2.16. The molecule has 0 bridgehead atoms. The highest BCUT2D eigenvalue weighted by atomic mass is 32.2. The summed E-state index contributed by atoms with van der Waals surface area (Å²) < 4.78 is 5.10. The minimum Gasteiger partial charge on any atom is -0.496 e. The molecule has 1 rings (SSSR count). The van der Waals surface area contributed by atoms with Crippen molar-refractivity contribution in [3.63, 3.8) is 0 Å². The van der Waals surface area contributed by atoms with Gasteiger partial charge in [0.1, 0.15) is 5.75 Å². The molecule has 2 N–H and O–H groups in total. The molecule has 0 aliphatic rings. The van der Waals surface area contributed by atoms with E-state index < -0.39 is 6.10 Å². The van der Waals surface area contributed by atoms with E-state index in [4.69, 9.17) is 14.9 Å². The maximum atomic E-state index is 11.8. The third kappa shape index (κ3) is 4.38. The molecule has 0 saturated heterocycles. The first-order chi connectivity index (χ1) is 8.19. The van der Waals surface area contributed by atoms with Crippen LogP contribution in [0.3, 0.4) is 0 Å². The van der Waals surface area contributed by atoms with Crippen molar-refractivity contribution in [2.45, 2.75) is 6.10 Å². The molecule has 1 atom stereocenters. The number of benzene rings is 1. The van der Waals surface area contributed by atoms with Crippen LogP contribution in [-0.2, 0) is 0 Å². The Kier molecular flexibility index (Phi) is 6.04. The van der Waals surface area contributed by atoms with Gasteiger partial charge in [-0.1, -0.05) is 12.1 Å². The highest BCUT2D eigenvalue weighted by Crippen LogP contribution is 2.19. The van der Waals surface area contributed by atoms with Gasteiger partial charge in [0.15, 0.2) is 5.78 Å². The van der Waals surface area contributed by atoms with E-state index in [-0.39, 0.29) is 18.1 Å². The van der Waals surface area contributed by atoms with E-state index in [1.54, 1.807) is 24.3 Å². The van der Waals surface area contributed by atoms with Crippen molar-refractivity contribution >= 4 is 17.5 Å². The fourth-order valence-electron chi connectivity index (χ4n) is 1.29. The third-order valence-electron chi connectivity index (χ3n) is 2.16. The van der Waals surface area contributed by atoms with E-state index >= 15 is 0 Å². The number of methoxy groups -OCH3 is 1. The Morgan fingerprint density at radius 2 is 2.18 bits per heavy atom. The molecule has 0 spiro atoms. The van der Waals surface area contributed by atoms with Crippen LogP contribution in [0.4, 0.5) is 0 Å². The van der Waals surface area contributed by atoms with Crippen molar-refractivity contribution < 1.29 is 19.7 Å². The molecule has 94 valence electrons. The number of hydrogen-bond donors (Lipinski definition) is 2. The molecule has 0 saturated carbocycles. The average Bonchev–Trinajstić information content (AvgIpc) is 2.38. The lowest BCUT2D eigenvalue weighted by atomic mass is 10.1. The van der Waals surface area contributed by atoms with Gasteiger partial charge < -0.3 is 14.9 Å². The Labute approximate surface area is 105 Å². The van der Waals surface area contributed by atoms with Gasteiger partial charge in [0, 0.05) is 5.75 Å². The van der Waals surface area contributed by atoms with Crippen molar-refractivity contribution in [1.82, 2.24) is 0 Å². The quantitative estimate of drug-likeness (QED) is 0.711. The highest BCUT2D eigenvalue weighted by molar-refractivity contribution is 8.00. The molecule has 0 aliphatic heterocycles. The smallest absolute Gasteiger partial charge is 0.176 e. The van der Waals surface area contributed by atoms with Crippen LogP contribution >= 0.6 is 11.8 Å². The van der Waals surface area contributed by atoms with Gasteiger partial charge in [0.25, 0.3) is 0 Å². The van der Waals surface area contributed by atoms with Gasteiger partial charge in [0.05, 0.1) is 31.1 Å². The number of rotatable bonds is 7. The molecule has 0 heterocycles. The first-order valence-corrected chi connectivity index (χ1v) is 6.37. The van der Waals surface area contributed by atoms with Gasteiger partial charge in [-0.3, -0.25) is 4.79 Å². The Hall–Kier alpha value is -1.04. The zero-order chi connectivity index (χ0) is 12.7. The van der Waals surface area contributed by atoms with Crippen LogP contribution < -0.4 is 4.74 Å². The molecule has 1 aromatic carbocycles. The maximum absolute atomic E-state index is 11.8. The average molecular weight is 256 g/mol. The predicted octanol–water partition coefficient (Wildman–Crippen LogP) is 0.964. The largest absolute Gasteiger partial charge is 0.496 e. The normalized spacial score (nSPS) is 12.2. The summed E-state index contributed by atoms with van der Waals surface area (Å²) in [5.41, 5.74) is 0.543. The van der Waals surface area contributed by atoms with Crippen LogP contribution in [0.25, 0.3) is 0 Å². The highest BCUT2D eigenvalue weighted by Gasteiger charge is 2.12. The van der Waals surface area contributed by atoms with E-state index in [0.29, 0.717) is 17.1 Å².